The van der Waals surface area contributed by atoms with Crippen molar-refractivity contribution >= 4 is 0 Å². The SMILES string of the molecule is CN(C)CCCC1(c2ccccc2)CCc2cc(O)ccc2O1. The van der Waals surface area contributed by atoms with Crippen molar-refractivity contribution in [3.63, 3.8) is 0 Å². The Bertz CT molecular complexity index is 654. The van der Waals surface area contributed by atoms with Gasteiger partial charge in [0.25, 0.3) is 0 Å². The lowest BCUT2D eigenvalue weighted by atomic mass is 9.81. The average Bonchev–Trinajstić information content (AvgIpc) is 2.55. The summed E-state index contributed by atoms with van der Waals surface area (Å²) in [5.74, 6) is 1.22. The Balaban J connectivity index is 1.89. The van der Waals surface area contributed by atoms with Crippen molar-refractivity contribution in [2.75, 3.05) is 20.6 Å². The van der Waals surface area contributed by atoms with E-state index in [0.717, 1.165) is 43.5 Å². The number of ether oxygens (including phenoxy) is 1. The molecule has 0 aliphatic carbocycles. The number of phenols is 1. The molecule has 0 radical (unpaired) electrons. The van der Waals surface area contributed by atoms with E-state index in [1.54, 1.807) is 6.07 Å². The van der Waals surface area contributed by atoms with Gasteiger partial charge in [-0.1, -0.05) is 30.3 Å². The fourth-order valence-electron chi connectivity index (χ4n) is 3.41. The Morgan fingerprint density at radius 3 is 2.65 bits per heavy atom. The van der Waals surface area contributed by atoms with Crippen LogP contribution in [0.15, 0.2) is 48.5 Å². The van der Waals surface area contributed by atoms with Crippen molar-refractivity contribution in [1.29, 1.82) is 0 Å². The second kappa shape index (κ2) is 6.63. The second-order valence-corrected chi connectivity index (χ2v) is 6.66. The summed E-state index contributed by atoms with van der Waals surface area (Å²) in [6, 6.07) is 16.0. The smallest absolute Gasteiger partial charge is 0.134 e. The highest BCUT2D eigenvalue weighted by Crippen LogP contribution is 2.43. The highest BCUT2D eigenvalue weighted by molar-refractivity contribution is 5.43. The first-order valence-electron chi connectivity index (χ1n) is 8.30. The fraction of sp³-hybridized carbons (Fsp3) is 0.400. The summed E-state index contributed by atoms with van der Waals surface area (Å²) in [6.45, 7) is 1.06. The van der Waals surface area contributed by atoms with Crippen LogP contribution in [-0.2, 0) is 12.0 Å². The summed E-state index contributed by atoms with van der Waals surface area (Å²) in [7, 11) is 4.21. The lowest BCUT2D eigenvalue weighted by molar-refractivity contribution is 0.0300. The van der Waals surface area contributed by atoms with Gasteiger partial charge in [0.1, 0.15) is 17.1 Å². The standard InChI is InChI=1S/C20H25NO2/c1-21(2)14-6-12-20(17-7-4-3-5-8-17)13-11-16-15-18(22)9-10-19(16)23-20/h3-5,7-10,15,22H,6,11-14H2,1-2H3. The lowest BCUT2D eigenvalue weighted by Crippen LogP contribution is -2.37. The molecular formula is C20H25NO2. The zero-order valence-corrected chi connectivity index (χ0v) is 14.0. The van der Waals surface area contributed by atoms with E-state index < -0.39 is 0 Å². The van der Waals surface area contributed by atoms with E-state index in [2.05, 4.69) is 43.3 Å². The van der Waals surface area contributed by atoms with Gasteiger partial charge in [-0.3, -0.25) is 0 Å². The van der Waals surface area contributed by atoms with E-state index in [-0.39, 0.29) is 5.60 Å². The summed E-state index contributed by atoms with van der Waals surface area (Å²) in [5.41, 5.74) is 2.09. The molecule has 2 aromatic rings. The molecule has 1 aliphatic rings. The lowest BCUT2D eigenvalue weighted by Gasteiger charge is -2.39. The Kier molecular flexibility index (Phi) is 4.58. The van der Waals surface area contributed by atoms with Crippen molar-refractivity contribution in [1.82, 2.24) is 4.90 Å². The highest BCUT2D eigenvalue weighted by Gasteiger charge is 2.37. The molecule has 0 bridgehead atoms. The molecule has 1 N–H and O–H groups in total. The van der Waals surface area contributed by atoms with Crippen molar-refractivity contribution < 1.29 is 9.84 Å². The number of fused-ring (bicyclic) bond motifs is 1. The molecule has 0 amide bonds. The zero-order chi connectivity index (χ0) is 16.3. The van der Waals surface area contributed by atoms with Crippen molar-refractivity contribution in [3.05, 3.63) is 59.7 Å². The van der Waals surface area contributed by atoms with E-state index in [0.29, 0.717) is 5.75 Å². The topological polar surface area (TPSA) is 32.7 Å². The van der Waals surface area contributed by atoms with Crippen LogP contribution < -0.4 is 4.74 Å². The van der Waals surface area contributed by atoms with E-state index >= 15 is 0 Å². The van der Waals surface area contributed by atoms with Crippen LogP contribution in [0.5, 0.6) is 11.5 Å². The first-order chi connectivity index (χ1) is 11.1. The quantitative estimate of drug-likeness (QED) is 0.907. The van der Waals surface area contributed by atoms with Gasteiger partial charge in [0.05, 0.1) is 0 Å². The van der Waals surface area contributed by atoms with Crippen LogP contribution in [0.3, 0.4) is 0 Å². The monoisotopic (exact) mass is 311 g/mol. The maximum atomic E-state index is 9.68. The fourth-order valence-corrected chi connectivity index (χ4v) is 3.41. The Morgan fingerprint density at radius 1 is 1.13 bits per heavy atom. The maximum Gasteiger partial charge on any atom is 0.134 e. The number of nitrogens with zero attached hydrogens (tertiary/aromatic N) is 1. The van der Waals surface area contributed by atoms with Gasteiger partial charge in [0.15, 0.2) is 0 Å². The minimum absolute atomic E-state index is 0.263. The summed E-state index contributed by atoms with van der Waals surface area (Å²) in [4.78, 5) is 2.22. The van der Waals surface area contributed by atoms with Gasteiger partial charge in [0.2, 0.25) is 0 Å². The largest absolute Gasteiger partial charge is 0.508 e. The predicted molar refractivity (Wildman–Crippen MR) is 93.0 cm³/mol. The molecule has 1 aliphatic heterocycles. The molecule has 1 unspecified atom stereocenters. The number of aromatic hydroxyl groups is 1. The Hall–Kier alpha value is -2.00. The van der Waals surface area contributed by atoms with Crippen molar-refractivity contribution in [2.45, 2.75) is 31.3 Å². The van der Waals surface area contributed by atoms with Gasteiger partial charge < -0.3 is 14.7 Å². The molecular weight excluding hydrogens is 286 g/mol. The van der Waals surface area contributed by atoms with Gasteiger partial charge in [-0.15, -0.1) is 0 Å². The molecule has 23 heavy (non-hydrogen) atoms. The van der Waals surface area contributed by atoms with Crippen LogP contribution in [0, 0.1) is 0 Å². The number of rotatable bonds is 5. The molecule has 0 saturated heterocycles. The van der Waals surface area contributed by atoms with Gasteiger partial charge in [-0.2, -0.15) is 0 Å². The molecule has 0 fully saturated rings. The third-order valence-corrected chi connectivity index (χ3v) is 4.63. The van der Waals surface area contributed by atoms with Crippen LogP contribution in [0.2, 0.25) is 0 Å². The number of hydrogen-bond acceptors (Lipinski definition) is 3. The van der Waals surface area contributed by atoms with Gasteiger partial charge in [-0.25, -0.2) is 0 Å². The van der Waals surface area contributed by atoms with Crippen molar-refractivity contribution in [3.8, 4) is 11.5 Å². The van der Waals surface area contributed by atoms with Gasteiger partial charge in [0, 0.05) is 0 Å². The number of aryl methyl sites for hydroxylation is 1. The molecule has 2 aromatic carbocycles. The molecule has 0 spiro atoms. The molecule has 3 nitrogen and oxygen atoms in total. The molecule has 122 valence electrons. The molecule has 1 heterocycles. The molecule has 3 heteroatoms. The Labute approximate surface area is 138 Å². The van der Waals surface area contributed by atoms with Crippen LogP contribution in [-0.4, -0.2) is 30.6 Å². The minimum atomic E-state index is -0.263. The van der Waals surface area contributed by atoms with Crippen LogP contribution in [0.1, 0.15) is 30.4 Å². The second-order valence-electron chi connectivity index (χ2n) is 6.66. The summed E-state index contributed by atoms with van der Waals surface area (Å²) < 4.78 is 6.51. The summed E-state index contributed by atoms with van der Waals surface area (Å²) in [5, 5.41) is 9.68. The number of benzene rings is 2. The van der Waals surface area contributed by atoms with E-state index in [1.807, 2.05) is 18.2 Å². The van der Waals surface area contributed by atoms with Gasteiger partial charge in [-0.05, 0) is 75.6 Å². The normalized spacial score (nSPS) is 20.1. The first-order valence-corrected chi connectivity index (χ1v) is 8.30. The minimum Gasteiger partial charge on any atom is -0.508 e. The Morgan fingerprint density at radius 2 is 1.91 bits per heavy atom. The van der Waals surface area contributed by atoms with E-state index in [4.69, 9.17) is 4.74 Å². The van der Waals surface area contributed by atoms with E-state index in [1.165, 1.54) is 5.56 Å². The zero-order valence-electron chi connectivity index (χ0n) is 14.0. The van der Waals surface area contributed by atoms with Crippen LogP contribution in [0.25, 0.3) is 0 Å². The van der Waals surface area contributed by atoms with Gasteiger partial charge >= 0.3 is 0 Å². The molecule has 0 aromatic heterocycles. The summed E-state index contributed by atoms with van der Waals surface area (Å²) in [6.07, 6.45) is 3.96. The van der Waals surface area contributed by atoms with Crippen molar-refractivity contribution in [2.24, 2.45) is 0 Å². The maximum absolute atomic E-state index is 9.68. The first kappa shape index (κ1) is 15.9. The molecule has 1 atom stereocenters. The third kappa shape index (κ3) is 3.50. The molecule has 3 rings (SSSR count). The highest BCUT2D eigenvalue weighted by atomic mass is 16.5. The number of phenolic OH excluding ortho intramolecular Hbond substituents is 1. The van der Waals surface area contributed by atoms with Crippen LogP contribution >= 0.6 is 0 Å². The van der Waals surface area contributed by atoms with Crippen LogP contribution in [0.4, 0.5) is 0 Å². The molecule has 0 saturated carbocycles. The third-order valence-electron chi connectivity index (χ3n) is 4.63. The number of hydrogen-bond donors (Lipinski definition) is 1. The average molecular weight is 311 g/mol. The predicted octanol–water partition coefficient (Wildman–Crippen LogP) is 3.95. The van der Waals surface area contributed by atoms with E-state index in [9.17, 15) is 5.11 Å². The summed E-state index contributed by atoms with van der Waals surface area (Å²) >= 11 is 0.